The van der Waals surface area contributed by atoms with Gasteiger partial charge in [0.05, 0.1) is 18.6 Å². The fraction of sp³-hybridized carbons (Fsp3) is 0.351. The quantitative estimate of drug-likeness (QED) is 0.0226. The van der Waals surface area contributed by atoms with E-state index in [1.165, 1.54) is 49.6 Å². The number of carboxylic acid groups (broad SMARTS) is 1. The van der Waals surface area contributed by atoms with Crippen molar-refractivity contribution in [3.63, 3.8) is 0 Å². The van der Waals surface area contributed by atoms with Crippen molar-refractivity contribution in [2.45, 2.75) is 77.2 Å². The number of carboxylic acids is 1. The standard InChI is InChI=1S/C37H40N4O8S/c1-2-3-4-5-6-7-8-9-23(19-33(44)39-30-16-17-48-36(30)47)40-41-37(50)38-22-10-13-26(29(18-22)35(45)46)34-27-14-11-24(42)20-31(27)49-32-21-25(43)12-15-28(32)34/h10-15,18,20-21,30,42H,2-9,16-17,19H2,1H3,(H,39,44)(H,45,46)(H2,38,41,50)/b40-23-/t30-/m0/s1. The second kappa shape index (κ2) is 16.9. The average molecular weight is 701 g/mol. The minimum atomic E-state index is -1.20. The number of unbranched alkanes of at least 4 members (excludes halogenated alkanes) is 6. The van der Waals surface area contributed by atoms with Crippen LogP contribution in [0.3, 0.4) is 0 Å². The molecule has 1 fully saturated rings. The summed E-state index contributed by atoms with van der Waals surface area (Å²) in [4.78, 5) is 49.3. The summed E-state index contributed by atoms with van der Waals surface area (Å²) in [7, 11) is 0. The van der Waals surface area contributed by atoms with Gasteiger partial charge in [-0.3, -0.25) is 15.0 Å². The first-order valence-electron chi connectivity index (χ1n) is 16.8. The molecule has 2 aliphatic heterocycles. The number of hydrazone groups is 1. The van der Waals surface area contributed by atoms with E-state index in [0.29, 0.717) is 46.3 Å². The minimum Gasteiger partial charge on any atom is -0.508 e. The molecule has 0 bridgehead atoms. The molecule has 5 rings (SSSR count). The predicted octanol–water partition coefficient (Wildman–Crippen LogP) is 6.57. The molecule has 50 heavy (non-hydrogen) atoms. The highest BCUT2D eigenvalue weighted by Crippen LogP contribution is 2.42. The largest absolute Gasteiger partial charge is 0.508 e. The Kier molecular flexibility index (Phi) is 12.2. The van der Waals surface area contributed by atoms with E-state index in [2.05, 4.69) is 28.1 Å². The number of hydrogen-bond donors (Lipinski definition) is 5. The first kappa shape index (κ1) is 36.0. The van der Waals surface area contributed by atoms with Crippen LogP contribution in [0.15, 0.2) is 68.9 Å². The second-order valence-electron chi connectivity index (χ2n) is 12.2. The molecule has 1 aliphatic carbocycles. The number of phenolic OH excluding ortho intramolecular Hbond substituents is 1. The van der Waals surface area contributed by atoms with Gasteiger partial charge in [-0.05, 0) is 67.0 Å². The Bertz CT molecular complexity index is 1960. The number of fused-ring (bicyclic) bond motifs is 2. The molecular formula is C37H40N4O8S. The van der Waals surface area contributed by atoms with Gasteiger partial charge in [0.1, 0.15) is 23.1 Å². The molecular weight excluding hydrogens is 660 g/mol. The van der Waals surface area contributed by atoms with Crippen LogP contribution in [0.25, 0.3) is 33.4 Å². The van der Waals surface area contributed by atoms with Gasteiger partial charge in [-0.15, -0.1) is 0 Å². The molecule has 1 atom stereocenters. The van der Waals surface area contributed by atoms with Gasteiger partial charge in [-0.25, -0.2) is 9.59 Å². The lowest BCUT2D eigenvalue weighted by Gasteiger charge is -2.18. The van der Waals surface area contributed by atoms with Crippen LogP contribution in [0.4, 0.5) is 5.69 Å². The Balaban J connectivity index is 1.34. The first-order chi connectivity index (χ1) is 24.1. The molecule has 1 amide bonds. The maximum Gasteiger partial charge on any atom is 0.336 e. The van der Waals surface area contributed by atoms with Crippen LogP contribution < -0.4 is 21.5 Å². The van der Waals surface area contributed by atoms with Gasteiger partial charge >= 0.3 is 11.9 Å². The lowest BCUT2D eigenvalue weighted by Crippen LogP contribution is -2.39. The van der Waals surface area contributed by atoms with Crippen LogP contribution in [0.1, 0.15) is 81.5 Å². The number of amides is 1. The number of esters is 1. The molecule has 5 N–H and O–H groups in total. The van der Waals surface area contributed by atoms with E-state index in [4.69, 9.17) is 21.4 Å². The van der Waals surface area contributed by atoms with Gasteiger partial charge < -0.3 is 30.0 Å². The van der Waals surface area contributed by atoms with Crippen LogP contribution in [0, 0.1) is 0 Å². The normalized spacial score (nSPS) is 14.5. The molecule has 0 unspecified atom stereocenters. The van der Waals surface area contributed by atoms with Crippen molar-refractivity contribution in [1.82, 2.24) is 10.7 Å². The lowest BCUT2D eigenvalue weighted by atomic mass is 9.90. The highest BCUT2D eigenvalue weighted by molar-refractivity contribution is 7.80. The van der Waals surface area contributed by atoms with Gasteiger partial charge in [0.2, 0.25) is 5.91 Å². The zero-order valence-corrected chi connectivity index (χ0v) is 28.6. The molecule has 2 aromatic carbocycles. The monoisotopic (exact) mass is 700 g/mol. The molecule has 0 radical (unpaired) electrons. The van der Waals surface area contributed by atoms with Gasteiger partial charge in [0.15, 0.2) is 10.5 Å². The van der Waals surface area contributed by atoms with E-state index in [9.17, 15) is 29.4 Å². The fourth-order valence-electron chi connectivity index (χ4n) is 5.98. The fourth-order valence-corrected chi connectivity index (χ4v) is 6.15. The van der Waals surface area contributed by atoms with Crippen molar-refractivity contribution in [2.24, 2.45) is 5.10 Å². The van der Waals surface area contributed by atoms with E-state index >= 15 is 0 Å². The third-order valence-electron chi connectivity index (χ3n) is 8.47. The number of carbonyl (C=O) groups excluding carboxylic acids is 2. The summed E-state index contributed by atoms with van der Waals surface area (Å²) < 4.78 is 10.8. The summed E-state index contributed by atoms with van der Waals surface area (Å²) in [6.45, 7) is 2.45. The topological polar surface area (TPSA) is 180 Å². The number of aromatic carboxylic acids is 1. The van der Waals surface area contributed by atoms with Gasteiger partial charge in [0.25, 0.3) is 0 Å². The minimum absolute atomic E-state index is 0.0238. The van der Waals surface area contributed by atoms with Crippen molar-refractivity contribution in [1.29, 1.82) is 0 Å². The third kappa shape index (κ3) is 9.23. The highest BCUT2D eigenvalue weighted by Gasteiger charge is 2.28. The zero-order valence-electron chi connectivity index (χ0n) is 27.8. The number of phenols is 1. The summed E-state index contributed by atoms with van der Waals surface area (Å²) in [5.74, 6) is -1.78. The van der Waals surface area contributed by atoms with Gasteiger partial charge in [-0.1, -0.05) is 51.5 Å². The van der Waals surface area contributed by atoms with Crippen LogP contribution in [-0.4, -0.2) is 51.5 Å². The van der Waals surface area contributed by atoms with Crippen molar-refractivity contribution in [2.75, 3.05) is 11.9 Å². The molecule has 0 spiro atoms. The summed E-state index contributed by atoms with van der Waals surface area (Å²) in [6, 6.07) is 12.9. The maximum absolute atomic E-state index is 12.8. The van der Waals surface area contributed by atoms with E-state index < -0.39 is 18.0 Å². The number of rotatable bonds is 15. The number of carbonyl (C=O) groups is 3. The number of nitrogens with one attached hydrogen (secondary N) is 3. The number of hydrogen-bond acceptors (Lipinski definition) is 9. The predicted molar refractivity (Wildman–Crippen MR) is 195 cm³/mol. The smallest absolute Gasteiger partial charge is 0.336 e. The number of aromatic hydroxyl groups is 1. The second-order valence-corrected chi connectivity index (χ2v) is 12.7. The Morgan fingerprint density at radius 2 is 1.72 bits per heavy atom. The van der Waals surface area contributed by atoms with Crippen LogP contribution in [0.5, 0.6) is 5.75 Å². The van der Waals surface area contributed by atoms with E-state index in [0.717, 1.165) is 25.7 Å². The number of ether oxygens (including phenoxy) is 1. The molecule has 1 saturated heterocycles. The maximum atomic E-state index is 12.8. The number of anilines is 1. The summed E-state index contributed by atoms with van der Waals surface area (Å²) >= 11 is 5.48. The van der Waals surface area contributed by atoms with Crippen molar-refractivity contribution < 1.29 is 33.8 Å². The Morgan fingerprint density at radius 1 is 0.960 bits per heavy atom. The molecule has 2 heterocycles. The average Bonchev–Trinajstić information content (AvgIpc) is 3.48. The van der Waals surface area contributed by atoms with Crippen LogP contribution in [-0.2, 0) is 14.3 Å². The summed E-state index contributed by atoms with van der Waals surface area (Å²) in [5.41, 5.74) is 5.09. The Hall–Kier alpha value is -5.30. The van der Waals surface area contributed by atoms with Crippen LogP contribution in [0.2, 0.25) is 0 Å². The molecule has 3 aliphatic rings. The first-order valence-corrected chi connectivity index (χ1v) is 17.2. The molecule has 0 saturated carbocycles. The molecule has 262 valence electrons. The van der Waals surface area contributed by atoms with Crippen molar-refractivity contribution in [3.8, 4) is 28.2 Å². The lowest BCUT2D eigenvalue weighted by molar-refractivity contribution is -0.141. The Labute approximate surface area is 294 Å². The summed E-state index contributed by atoms with van der Waals surface area (Å²) in [5, 5.41) is 31.1. The SMILES string of the molecule is CCCCCCCCC/C(CC(=O)N[C@H]1CCOC1=O)=N/NC(=S)Nc1ccc(-c2c3ccc(=O)cc-3oc3cc(O)ccc23)c(C(=O)O)c1. The molecule has 2 aromatic rings. The number of benzene rings is 3. The van der Waals surface area contributed by atoms with E-state index in [1.807, 2.05) is 0 Å². The van der Waals surface area contributed by atoms with Crippen LogP contribution >= 0.6 is 12.2 Å². The third-order valence-corrected chi connectivity index (χ3v) is 8.67. The number of nitrogens with zero attached hydrogens (tertiary/aromatic N) is 1. The van der Waals surface area contributed by atoms with Gasteiger partial charge in [-0.2, -0.15) is 5.10 Å². The van der Waals surface area contributed by atoms with Gasteiger partial charge in [0, 0.05) is 46.5 Å². The highest BCUT2D eigenvalue weighted by atomic mass is 32.1. The molecule has 12 nitrogen and oxygen atoms in total. The molecule has 13 heteroatoms. The van der Waals surface area contributed by atoms with Crippen molar-refractivity contribution in [3.05, 3.63) is 70.4 Å². The Morgan fingerprint density at radius 3 is 2.46 bits per heavy atom. The number of cyclic esters (lactones) is 1. The van der Waals surface area contributed by atoms with E-state index in [-0.39, 0.29) is 52.1 Å². The van der Waals surface area contributed by atoms with E-state index in [1.54, 1.807) is 24.3 Å². The number of thiocarbonyl (C=S) groups is 1. The molecule has 0 aromatic heterocycles. The van der Waals surface area contributed by atoms with Crippen molar-refractivity contribution >= 4 is 57.5 Å². The summed E-state index contributed by atoms with van der Waals surface area (Å²) in [6.07, 6.45) is 8.62. The zero-order chi connectivity index (χ0) is 35.6.